The van der Waals surface area contributed by atoms with Crippen LogP contribution in [0.3, 0.4) is 0 Å². The van der Waals surface area contributed by atoms with Crippen molar-refractivity contribution in [1.82, 2.24) is 4.90 Å². The fourth-order valence-corrected chi connectivity index (χ4v) is 4.62. The van der Waals surface area contributed by atoms with Gasteiger partial charge < -0.3 is 9.84 Å². The van der Waals surface area contributed by atoms with Crippen molar-refractivity contribution in [2.24, 2.45) is 5.92 Å². The zero-order valence-electron chi connectivity index (χ0n) is 11.3. The number of nitrogens with zero attached hydrogens (tertiary/aromatic N) is 1. The van der Waals surface area contributed by atoms with Crippen molar-refractivity contribution >= 4 is 0 Å². The number of benzene rings is 1. The van der Waals surface area contributed by atoms with Gasteiger partial charge in [0.15, 0.2) is 0 Å². The Hall–Kier alpha value is -1.22. The standard InChI is InChI=1S/C16H21NO2/c18-13-4-5-15-14(11-13)16-7-2-1-3-12(16)6-8-17(16)9-10-19-15/h4-5,11-12,18H,1-3,6-10H2/t12-,16-/m0/s1. The summed E-state index contributed by atoms with van der Waals surface area (Å²) in [4.78, 5) is 2.63. The molecule has 1 aliphatic carbocycles. The maximum absolute atomic E-state index is 9.91. The van der Waals surface area contributed by atoms with E-state index in [1.807, 2.05) is 12.1 Å². The molecule has 3 heteroatoms. The van der Waals surface area contributed by atoms with Gasteiger partial charge in [-0.15, -0.1) is 0 Å². The molecule has 3 aliphatic rings. The van der Waals surface area contributed by atoms with Gasteiger partial charge in [0.05, 0.1) is 5.54 Å². The molecule has 0 unspecified atom stereocenters. The minimum atomic E-state index is 0.142. The van der Waals surface area contributed by atoms with Gasteiger partial charge in [0.1, 0.15) is 18.1 Å². The maximum Gasteiger partial charge on any atom is 0.124 e. The molecule has 1 N–H and O–H groups in total. The minimum Gasteiger partial charge on any atom is -0.508 e. The number of aromatic hydroxyl groups is 1. The molecule has 0 bridgehead atoms. The number of hydrogen-bond donors (Lipinski definition) is 1. The molecule has 0 amide bonds. The van der Waals surface area contributed by atoms with Crippen LogP contribution in [0.5, 0.6) is 11.5 Å². The molecule has 19 heavy (non-hydrogen) atoms. The summed E-state index contributed by atoms with van der Waals surface area (Å²) in [6.07, 6.45) is 6.50. The quantitative estimate of drug-likeness (QED) is 0.777. The Kier molecular flexibility index (Phi) is 2.52. The summed E-state index contributed by atoms with van der Waals surface area (Å²) in [6.45, 7) is 2.97. The number of phenols is 1. The highest BCUT2D eigenvalue weighted by Gasteiger charge is 2.52. The summed E-state index contributed by atoms with van der Waals surface area (Å²) in [6, 6.07) is 5.65. The summed E-state index contributed by atoms with van der Waals surface area (Å²) >= 11 is 0. The SMILES string of the molecule is Oc1ccc2c(c1)[C@]13CCCC[C@H]1CCN3CCO2. The Labute approximate surface area is 114 Å². The summed E-state index contributed by atoms with van der Waals surface area (Å²) < 4.78 is 5.93. The van der Waals surface area contributed by atoms with Gasteiger partial charge in [-0.2, -0.15) is 0 Å². The summed E-state index contributed by atoms with van der Waals surface area (Å²) in [5.74, 6) is 2.10. The van der Waals surface area contributed by atoms with Gasteiger partial charge in [-0.25, -0.2) is 0 Å². The second-order valence-corrected chi connectivity index (χ2v) is 6.17. The molecule has 0 radical (unpaired) electrons. The topological polar surface area (TPSA) is 32.7 Å². The van der Waals surface area contributed by atoms with E-state index in [0.29, 0.717) is 5.75 Å². The van der Waals surface area contributed by atoms with E-state index in [1.54, 1.807) is 6.07 Å². The first-order chi connectivity index (χ1) is 9.30. The molecule has 1 aromatic rings. The highest BCUT2D eigenvalue weighted by molar-refractivity contribution is 5.46. The number of ether oxygens (including phenoxy) is 1. The van der Waals surface area contributed by atoms with Crippen LogP contribution in [0.15, 0.2) is 18.2 Å². The fourth-order valence-electron chi connectivity index (χ4n) is 4.62. The van der Waals surface area contributed by atoms with E-state index in [-0.39, 0.29) is 5.54 Å². The zero-order chi connectivity index (χ0) is 12.9. The van der Waals surface area contributed by atoms with Crippen molar-refractivity contribution < 1.29 is 9.84 Å². The highest BCUT2D eigenvalue weighted by Crippen LogP contribution is 2.55. The number of hydrogen-bond acceptors (Lipinski definition) is 3. The van der Waals surface area contributed by atoms with Crippen molar-refractivity contribution in [3.63, 3.8) is 0 Å². The molecule has 1 aromatic carbocycles. The van der Waals surface area contributed by atoms with E-state index in [2.05, 4.69) is 4.90 Å². The molecule has 2 aliphatic heterocycles. The summed E-state index contributed by atoms with van der Waals surface area (Å²) in [5, 5.41) is 9.91. The minimum absolute atomic E-state index is 0.142. The molecule has 0 aromatic heterocycles. The Morgan fingerprint density at radius 1 is 1.21 bits per heavy atom. The molecule has 3 nitrogen and oxygen atoms in total. The lowest BCUT2D eigenvalue weighted by Gasteiger charge is -2.45. The lowest BCUT2D eigenvalue weighted by molar-refractivity contribution is 0.0624. The van der Waals surface area contributed by atoms with Gasteiger partial charge >= 0.3 is 0 Å². The van der Waals surface area contributed by atoms with Crippen LogP contribution in [0.4, 0.5) is 0 Å². The van der Waals surface area contributed by atoms with E-state index in [0.717, 1.165) is 24.8 Å². The highest BCUT2D eigenvalue weighted by atomic mass is 16.5. The van der Waals surface area contributed by atoms with Crippen LogP contribution in [0, 0.1) is 5.92 Å². The van der Waals surface area contributed by atoms with Crippen LogP contribution >= 0.6 is 0 Å². The first-order valence-corrected chi connectivity index (χ1v) is 7.52. The van der Waals surface area contributed by atoms with E-state index in [1.165, 1.54) is 44.2 Å². The molecule has 4 rings (SSSR count). The molecule has 1 saturated carbocycles. The molecule has 1 spiro atoms. The van der Waals surface area contributed by atoms with Crippen molar-refractivity contribution in [2.75, 3.05) is 19.7 Å². The van der Waals surface area contributed by atoms with Crippen molar-refractivity contribution in [3.05, 3.63) is 23.8 Å². The Morgan fingerprint density at radius 2 is 2.16 bits per heavy atom. The van der Waals surface area contributed by atoms with Crippen LogP contribution in [-0.4, -0.2) is 29.7 Å². The fraction of sp³-hybridized carbons (Fsp3) is 0.625. The molecular formula is C16H21NO2. The smallest absolute Gasteiger partial charge is 0.124 e. The van der Waals surface area contributed by atoms with Gasteiger partial charge in [-0.1, -0.05) is 12.8 Å². The van der Waals surface area contributed by atoms with Gasteiger partial charge in [0, 0.05) is 12.1 Å². The first-order valence-electron chi connectivity index (χ1n) is 7.52. The summed E-state index contributed by atoms with van der Waals surface area (Å²) in [7, 11) is 0. The predicted octanol–water partition coefficient (Wildman–Crippen LogP) is 2.88. The van der Waals surface area contributed by atoms with Crippen LogP contribution in [0.2, 0.25) is 0 Å². The lowest BCUT2D eigenvalue weighted by atomic mass is 9.69. The second-order valence-electron chi connectivity index (χ2n) is 6.17. The van der Waals surface area contributed by atoms with E-state index >= 15 is 0 Å². The maximum atomic E-state index is 9.91. The van der Waals surface area contributed by atoms with Gasteiger partial charge in [-0.3, -0.25) is 4.90 Å². The Bertz CT molecular complexity index is 502. The predicted molar refractivity (Wildman–Crippen MR) is 73.4 cm³/mol. The Balaban J connectivity index is 1.91. The van der Waals surface area contributed by atoms with Crippen LogP contribution < -0.4 is 4.74 Å². The molecule has 1 saturated heterocycles. The third-order valence-electron chi connectivity index (χ3n) is 5.40. The molecule has 2 atom stereocenters. The van der Waals surface area contributed by atoms with Gasteiger partial charge in [0.25, 0.3) is 0 Å². The molecule has 2 fully saturated rings. The number of fused-ring (bicyclic) bond motifs is 1. The molecular weight excluding hydrogens is 238 g/mol. The van der Waals surface area contributed by atoms with Gasteiger partial charge in [-0.05, 0) is 49.9 Å². The van der Waals surface area contributed by atoms with Crippen molar-refractivity contribution in [3.8, 4) is 11.5 Å². The van der Waals surface area contributed by atoms with E-state index in [9.17, 15) is 5.11 Å². The second kappa shape index (κ2) is 4.14. The van der Waals surface area contributed by atoms with Crippen LogP contribution in [0.25, 0.3) is 0 Å². The normalized spacial score (nSPS) is 33.8. The van der Waals surface area contributed by atoms with E-state index < -0.39 is 0 Å². The van der Waals surface area contributed by atoms with Crippen molar-refractivity contribution in [2.45, 2.75) is 37.6 Å². The molecule has 2 heterocycles. The van der Waals surface area contributed by atoms with Crippen LogP contribution in [0.1, 0.15) is 37.7 Å². The third-order valence-corrected chi connectivity index (χ3v) is 5.40. The average Bonchev–Trinajstić information content (AvgIpc) is 2.74. The monoisotopic (exact) mass is 259 g/mol. The molecule has 102 valence electrons. The largest absolute Gasteiger partial charge is 0.508 e. The third kappa shape index (κ3) is 1.54. The lowest BCUT2D eigenvalue weighted by Crippen LogP contribution is -2.46. The zero-order valence-corrected chi connectivity index (χ0v) is 11.3. The number of rotatable bonds is 0. The van der Waals surface area contributed by atoms with Crippen LogP contribution in [-0.2, 0) is 5.54 Å². The van der Waals surface area contributed by atoms with Gasteiger partial charge in [0.2, 0.25) is 0 Å². The van der Waals surface area contributed by atoms with E-state index in [4.69, 9.17) is 4.74 Å². The number of phenolic OH excluding ortho intramolecular Hbond substituents is 1. The summed E-state index contributed by atoms with van der Waals surface area (Å²) in [5.41, 5.74) is 1.38. The average molecular weight is 259 g/mol. The Morgan fingerprint density at radius 3 is 3.11 bits per heavy atom. The first kappa shape index (κ1) is 11.6. The van der Waals surface area contributed by atoms with Crippen molar-refractivity contribution in [1.29, 1.82) is 0 Å².